The molecule has 1 aromatic carbocycles. The van der Waals surface area contributed by atoms with Crippen LogP contribution < -0.4 is 4.90 Å². The molecular formula is C14H14F2N2O4S2. The standard InChI is InChI=1S/C14H14F2N2O4S2/c1-22-5-13(19)17-14-18(10-3-2-8(15)4-9(10)16)11-6-24(20,21)7-12(11)23-14/h2-4,11-12H,5-7H2,1H3. The number of carbonyl (C=O) groups excluding carboxylic acids is 1. The van der Waals surface area contributed by atoms with Crippen LogP contribution in [0.5, 0.6) is 0 Å². The molecule has 0 spiro atoms. The molecule has 2 fully saturated rings. The van der Waals surface area contributed by atoms with E-state index in [0.29, 0.717) is 6.07 Å². The van der Waals surface area contributed by atoms with E-state index in [1.54, 1.807) is 0 Å². The van der Waals surface area contributed by atoms with Crippen LogP contribution >= 0.6 is 11.8 Å². The molecule has 0 radical (unpaired) electrons. The van der Waals surface area contributed by atoms with E-state index in [4.69, 9.17) is 4.74 Å². The lowest BCUT2D eigenvalue weighted by Crippen LogP contribution is -2.38. The van der Waals surface area contributed by atoms with E-state index in [0.717, 1.165) is 17.8 Å². The fourth-order valence-corrected chi connectivity index (χ4v) is 6.71. The lowest BCUT2D eigenvalue weighted by Gasteiger charge is -2.24. The summed E-state index contributed by atoms with van der Waals surface area (Å²) in [5, 5.41) is -0.152. The van der Waals surface area contributed by atoms with Crippen LogP contribution in [0.2, 0.25) is 0 Å². The van der Waals surface area contributed by atoms with E-state index in [1.807, 2.05) is 0 Å². The molecule has 130 valence electrons. The number of anilines is 1. The van der Waals surface area contributed by atoms with Gasteiger partial charge >= 0.3 is 0 Å². The van der Waals surface area contributed by atoms with Gasteiger partial charge < -0.3 is 9.64 Å². The summed E-state index contributed by atoms with van der Waals surface area (Å²) in [6.07, 6.45) is 0. The second-order valence-corrected chi connectivity index (χ2v) is 8.85. The van der Waals surface area contributed by atoms with Crippen molar-refractivity contribution in [2.24, 2.45) is 4.99 Å². The minimum atomic E-state index is -3.25. The molecule has 2 saturated heterocycles. The van der Waals surface area contributed by atoms with Gasteiger partial charge in [0.05, 0.1) is 23.2 Å². The van der Waals surface area contributed by atoms with Crippen molar-refractivity contribution in [1.29, 1.82) is 0 Å². The van der Waals surface area contributed by atoms with E-state index in [1.165, 1.54) is 18.1 Å². The Bertz CT molecular complexity index is 813. The lowest BCUT2D eigenvalue weighted by molar-refractivity contribution is -0.121. The zero-order valence-electron chi connectivity index (χ0n) is 12.6. The number of benzene rings is 1. The van der Waals surface area contributed by atoms with Crippen LogP contribution in [0.25, 0.3) is 0 Å². The number of amides is 1. The number of hydrogen-bond acceptors (Lipinski definition) is 5. The average Bonchev–Trinajstić information content (AvgIpc) is 2.91. The summed E-state index contributed by atoms with van der Waals surface area (Å²) >= 11 is 1.11. The van der Waals surface area contributed by atoms with Crippen LogP contribution in [0.1, 0.15) is 0 Å². The number of rotatable bonds is 3. The number of thioether (sulfide) groups is 1. The molecule has 1 amide bonds. The second-order valence-electron chi connectivity index (χ2n) is 5.49. The number of fused-ring (bicyclic) bond motifs is 1. The van der Waals surface area contributed by atoms with Gasteiger partial charge in [-0.05, 0) is 12.1 Å². The minimum Gasteiger partial charge on any atom is -0.375 e. The summed E-state index contributed by atoms with van der Waals surface area (Å²) < 4.78 is 55.8. The lowest BCUT2D eigenvalue weighted by atomic mass is 10.2. The van der Waals surface area contributed by atoms with Gasteiger partial charge in [-0.1, -0.05) is 11.8 Å². The first-order valence-electron chi connectivity index (χ1n) is 7.02. The molecule has 1 aromatic rings. The summed E-state index contributed by atoms with van der Waals surface area (Å²) in [4.78, 5) is 17.0. The van der Waals surface area contributed by atoms with Gasteiger partial charge in [-0.3, -0.25) is 4.79 Å². The minimum absolute atomic E-state index is 0.00235. The van der Waals surface area contributed by atoms with Crippen molar-refractivity contribution in [3.05, 3.63) is 29.8 Å². The fourth-order valence-electron chi connectivity index (χ4n) is 2.79. The van der Waals surface area contributed by atoms with Gasteiger partial charge in [-0.2, -0.15) is 4.99 Å². The number of ether oxygens (including phenoxy) is 1. The van der Waals surface area contributed by atoms with Crippen LogP contribution in [0.3, 0.4) is 0 Å². The molecule has 0 saturated carbocycles. The molecule has 24 heavy (non-hydrogen) atoms. The Morgan fingerprint density at radius 1 is 1.42 bits per heavy atom. The normalized spacial score (nSPS) is 26.8. The van der Waals surface area contributed by atoms with Crippen LogP contribution in [0, 0.1) is 11.6 Å². The van der Waals surface area contributed by atoms with Crippen molar-refractivity contribution in [2.45, 2.75) is 11.3 Å². The first-order valence-corrected chi connectivity index (χ1v) is 9.72. The Hall–Kier alpha value is -1.52. The molecular weight excluding hydrogens is 362 g/mol. The van der Waals surface area contributed by atoms with Gasteiger partial charge in [-0.15, -0.1) is 0 Å². The molecule has 10 heteroatoms. The molecule has 2 aliphatic rings. The number of nitrogens with zero attached hydrogens (tertiary/aromatic N) is 2. The Kier molecular flexibility index (Phi) is 4.63. The third kappa shape index (κ3) is 3.31. The zero-order valence-corrected chi connectivity index (χ0v) is 14.2. The molecule has 2 unspecified atom stereocenters. The third-order valence-electron chi connectivity index (χ3n) is 3.72. The second kappa shape index (κ2) is 6.41. The van der Waals surface area contributed by atoms with Crippen molar-refractivity contribution in [1.82, 2.24) is 0 Å². The van der Waals surface area contributed by atoms with Crippen molar-refractivity contribution in [2.75, 3.05) is 30.1 Å². The molecule has 2 heterocycles. The quantitative estimate of drug-likeness (QED) is 0.789. The smallest absolute Gasteiger partial charge is 0.274 e. The molecule has 0 bridgehead atoms. The largest absolute Gasteiger partial charge is 0.375 e. The van der Waals surface area contributed by atoms with Gasteiger partial charge in [0, 0.05) is 18.4 Å². The van der Waals surface area contributed by atoms with E-state index in [2.05, 4.69) is 4.99 Å². The van der Waals surface area contributed by atoms with Gasteiger partial charge in [0.1, 0.15) is 18.2 Å². The van der Waals surface area contributed by atoms with Crippen LogP contribution in [-0.4, -0.2) is 56.0 Å². The molecule has 6 nitrogen and oxygen atoms in total. The number of halogens is 2. The van der Waals surface area contributed by atoms with Gasteiger partial charge in [0.2, 0.25) is 0 Å². The number of sulfone groups is 1. The first-order chi connectivity index (χ1) is 11.3. The molecule has 2 aliphatic heterocycles. The summed E-state index contributed by atoms with van der Waals surface area (Å²) in [6, 6.07) is 2.46. The first kappa shape index (κ1) is 17.3. The van der Waals surface area contributed by atoms with E-state index < -0.39 is 33.4 Å². The summed E-state index contributed by atoms with van der Waals surface area (Å²) in [6.45, 7) is -0.239. The highest BCUT2D eigenvalue weighted by Crippen LogP contribution is 2.41. The van der Waals surface area contributed by atoms with Gasteiger partial charge in [0.15, 0.2) is 15.0 Å². The van der Waals surface area contributed by atoms with Gasteiger partial charge in [0.25, 0.3) is 5.91 Å². The molecule has 2 atom stereocenters. The predicted octanol–water partition coefficient (Wildman–Crippen LogP) is 1.21. The highest BCUT2D eigenvalue weighted by Gasteiger charge is 2.50. The zero-order chi connectivity index (χ0) is 17.5. The summed E-state index contributed by atoms with van der Waals surface area (Å²) in [5.74, 6) is -2.38. The van der Waals surface area contributed by atoms with Crippen molar-refractivity contribution >= 4 is 38.4 Å². The van der Waals surface area contributed by atoms with Crippen molar-refractivity contribution in [3.8, 4) is 0 Å². The predicted molar refractivity (Wildman–Crippen MR) is 87.0 cm³/mol. The monoisotopic (exact) mass is 376 g/mol. The Balaban J connectivity index is 2.03. The molecule has 0 aromatic heterocycles. The van der Waals surface area contributed by atoms with E-state index in [9.17, 15) is 22.0 Å². The summed E-state index contributed by atoms with van der Waals surface area (Å²) in [5.41, 5.74) is -0.00235. The maximum atomic E-state index is 14.2. The Morgan fingerprint density at radius 3 is 2.83 bits per heavy atom. The number of hydrogen-bond donors (Lipinski definition) is 0. The number of aliphatic imine (C=N–C) groups is 1. The number of methoxy groups -OCH3 is 1. The van der Waals surface area contributed by atoms with Crippen molar-refractivity contribution in [3.63, 3.8) is 0 Å². The average molecular weight is 376 g/mol. The highest BCUT2D eigenvalue weighted by atomic mass is 32.2. The Morgan fingerprint density at radius 2 is 2.17 bits per heavy atom. The maximum Gasteiger partial charge on any atom is 0.274 e. The third-order valence-corrected chi connectivity index (χ3v) is 6.93. The Labute approximate surface area is 141 Å². The fraction of sp³-hybridized carbons (Fsp3) is 0.429. The number of amidine groups is 1. The molecule has 0 aliphatic carbocycles. The van der Waals surface area contributed by atoms with E-state index >= 15 is 0 Å². The van der Waals surface area contributed by atoms with Crippen molar-refractivity contribution < 1.29 is 26.7 Å². The number of carbonyl (C=O) groups is 1. The topological polar surface area (TPSA) is 76.0 Å². The van der Waals surface area contributed by atoms with Crippen LogP contribution in [0.4, 0.5) is 14.5 Å². The van der Waals surface area contributed by atoms with Crippen LogP contribution in [-0.2, 0) is 19.4 Å². The summed E-state index contributed by atoms with van der Waals surface area (Å²) in [7, 11) is -1.91. The SMILES string of the molecule is COCC(=O)N=C1SC2CS(=O)(=O)CC2N1c1ccc(F)cc1F. The van der Waals surface area contributed by atoms with Crippen LogP contribution in [0.15, 0.2) is 23.2 Å². The highest BCUT2D eigenvalue weighted by molar-refractivity contribution is 8.16. The van der Waals surface area contributed by atoms with Gasteiger partial charge in [-0.25, -0.2) is 17.2 Å². The maximum absolute atomic E-state index is 14.2. The molecule has 0 N–H and O–H groups in total. The molecule has 3 rings (SSSR count). The van der Waals surface area contributed by atoms with E-state index in [-0.39, 0.29) is 34.2 Å².